The lowest BCUT2D eigenvalue weighted by Gasteiger charge is -2.16. The van der Waals surface area contributed by atoms with Crippen LogP contribution in [0.1, 0.15) is 36.3 Å². The highest BCUT2D eigenvalue weighted by Crippen LogP contribution is 2.46. The molecule has 0 aliphatic heterocycles. The molecule has 19 heavy (non-hydrogen) atoms. The molecule has 0 amide bonds. The Morgan fingerprint density at radius 2 is 2.26 bits per heavy atom. The molecule has 2 rings (SSSR count). The number of hydrogen-bond acceptors (Lipinski definition) is 4. The van der Waals surface area contributed by atoms with Gasteiger partial charge in [0.2, 0.25) is 0 Å². The average molecular weight is 261 g/mol. The van der Waals surface area contributed by atoms with Gasteiger partial charge in [-0.05, 0) is 42.4 Å². The summed E-state index contributed by atoms with van der Waals surface area (Å²) in [6.45, 7) is 0. The average Bonchev–Trinajstić information content (AvgIpc) is 3.18. The summed E-state index contributed by atoms with van der Waals surface area (Å²) in [6.07, 6.45) is 2.00. The predicted molar refractivity (Wildman–Crippen MR) is 67.1 cm³/mol. The van der Waals surface area contributed by atoms with Gasteiger partial charge in [0.1, 0.15) is 6.07 Å². The van der Waals surface area contributed by atoms with Crippen LogP contribution in [0, 0.1) is 17.2 Å². The molecule has 0 spiro atoms. The highest BCUT2D eigenvalue weighted by Gasteiger charge is 2.34. The van der Waals surface area contributed by atoms with Crippen LogP contribution in [0.5, 0.6) is 11.5 Å². The number of carbonyl (C=O) groups is 1. The van der Waals surface area contributed by atoms with E-state index in [9.17, 15) is 9.90 Å². The number of ether oxygens (including phenoxy) is 1. The van der Waals surface area contributed by atoms with E-state index in [2.05, 4.69) is 0 Å². The smallest absolute Gasteiger partial charge is 0.303 e. The number of hydrogen-bond donors (Lipinski definition) is 2. The Balaban J connectivity index is 2.40. The summed E-state index contributed by atoms with van der Waals surface area (Å²) in [5, 5.41) is 27.9. The second-order valence-corrected chi connectivity index (χ2v) is 4.77. The number of nitrogens with zero attached hydrogens (tertiary/aromatic N) is 1. The summed E-state index contributed by atoms with van der Waals surface area (Å²) < 4.78 is 4.97. The summed E-state index contributed by atoms with van der Waals surface area (Å²) in [4.78, 5) is 10.9. The van der Waals surface area contributed by atoms with E-state index < -0.39 is 5.97 Å². The Morgan fingerprint density at radius 1 is 1.58 bits per heavy atom. The SMILES string of the molecule is COc1c(O)cc(C(CC(=O)O)C2CC2)cc1C#N. The van der Waals surface area contributed by atoms with E-state index in [-0.39, 0.29) is 29.4 Å². The highest BCUT2D eigenvalue weighted by atomic mass is 16.5. The standard InChI is InChI=1S/C14H15NO4/c1-19-14-10(7-15)4-9(5-12(14)16)11(6-13(17)18)8-2-3-8/h4-5,8,11,16H,2-3,6H2,1H3,(H,17,18). The van der Waals surface area contributed by atoms with Crippen LogP contribution in [0.4, 0.5) is 0 Å². The number of benzene rings is 1. The second kappa shape index (κ2) is 5.19. The Hall–Kier alpha value is -2.22. The first kappa shape index (κ1) is 13.2. The van der Waals surface area contributed by atoms with Crippen molar-refractivity contribution in [2.45, 2.75) is 25.2 Å². The molecule has 100 valence electrons. The van der Waals surface area contributed by atoms with Crippen molar-refractivity contribution in [3.63, 3.8) is 0 Å². The van der Waals surface area contributed by atoms with Gasteiger partial charge in [-0.15, -0.1) is 0 Å². The molecule has 2 N–H and O–H groups in total. The van der Waals surface area contributed by atoms with Crippen LogP contribution in [-0.4, -0.2) is 23.3 Å². The molecule has 1 aliphatic carbocycles. The van der Waals surface area contributed by atoms with E-state index in [1.807, 2.05) is 6.07 Å². The lowest BCUT2D eigenvalue weighted by Crippen LogP contribution is -2.09. The maximum absolute atomic E-state index is 10.9. The number of carboxylic acid groups (broad SMARTS) is 1. The van der Waals surface area contributed by atoms with Crippen molar-refractivity contribution in [3.8, 4) is 17.6 Å². The van der Waals surface area contributed by atoms with Crippen LogP contribution in [0.25, 0.3) is 0 Å². The molecule has 5 heteroatoms. The van der Waals surface area contributed by atoms with Crippen LogP contribution in [0.3, 0.4) is 0 Å². The first-order chi connectivity index (χ1) is 9.06. The van der Waals surface area contributed by atoms with Crippen LogP contribution >= 0.6 is 0 Å². The van der Waals surface area contributed by atoms with Gasteiger partial charge in [-0.2, -0.15) is 5.26 Å². The quantitative estimate of drug-likeness (QED) is 0.848. The first-order valence-corrected chi connectivity index (χ1v) is 6.09. The molecule has 1 unspecified atom stereocenters. The van der Waals surface area contributed by atoms with E-state index in [4.69, 9.17) is 15.1 Å². The minimum Gasteiger partial charge on any atom is -0.504 e. The number of phenols is 1. The number of methoxy groups -OCH3 is 1. The number of phenolic OH excluding ortho intramolecular Hbond substituents is 1. The Labute approximate surface area is 111 Å². The lowest BCUT2D eigenvalue weighted by atomic mass is 9.89. The van der Waals surface area contributed by atoms with Crippen molar-refractivity contribution in [1.29, 1.82) is 5.26 Å². The minimum atomic E-state index is -0.870. The van der Waals surface area contributed by atoms with Gasteiger partial charge in [0.25, 0.3) is 0 Å². The maximum atomic E-state index is 10.9. The first-order valence-electron chi connectivity index (χ1n) is 6.09. The fourth-order valence-corrected chi connectivity index (χ4v) is 2.39. The normalized spacial score (nSPS) is 15.6. The summed E-state index contributed by atoms with van der Waals surface area (Å²) >= 11 is 0. The predicted octanol–water partition coefficient (Wildman–Crippen LogP) is 2.24. The molecule has 0 heterocycles. The molecule has 1 aromatic rings. The maximum Gasteiger partial charge on any atom is 0.303 e. The van der Waals surface area contributed by atoms with Crippen molar-refractivity contribution in [1.82, 2.24) is 0 Å². The molecule has 0 saturated heterocycles. The van der Waals surface area contributed by atoms with Gasteiger partial charge in [-0.3, -0.25) is 4.79 Å². The summed E-state index contributed by atoms with van der Waals surface area (Å²) in [5.74, 6) is -0.675. The number of carboxylic acids is 1. The summed E-state index contributed by atoms with van der Waals surface area (Å²) in [7, 11) is 1.38. The van der Waals surface area contributed by atoms with Crippen molar-refractivity contribution in [2.75, 3.05) is 7.11 Å². The molecule has 1 atom stereocenters. The minimum absolute atomic E-state index is 0.0152. The molecule has 0 aromatic heterocycles. The Bertz CT molecular complexity index is 543. The number of aliphatic carboxylic acids is 1. The van der Waals surface area contributed by atoms with Gasteiger partial charge in [-0.25, -0.2) is 0 Å². The highest BCUT2D eigenvalue weighted by molar-refractivity contribution is 5.68. The van der Waals surface area contributed by atoms with Gasteiger partial charge in [0.05, 0.1) is 19.1 Å². The monoisotopic (exact) mass is 261 g/mol. The van der Waals surface area contributed by atoms with Crippen LogP contribution in [0.2, 0.25) is 0 Å². The van der Waals surface area contributed by atoms with E-state index in [0.717, 1.165) is 12.8 Å². The molecule has 0 radical (unpaired) electrons. The zero-order valence-electron chi connectivity index (χ0n) is 10.6. The topological polar surface area (TPSA) is 90.6 Å². The zero-order valence-corrected chi connectivity index (χ0v) is 10.6. The zero-order chi connectivity index (χ0) is 14.0. The molecular formula is C14H15NO4. The molecular weight excluding hydrogens is 246 g/mol. The largest absolute Gasteiger partial charge is 0.504 e. The van der Waals surface area contributed by atoms with E-state index in [0.29, 0.717) is 11.5 Å². The fourth-order valence-electron chi connectivity index (χ4n) is 2.39. The van der Waals surface area contributed by atoms with Crippen molar-refractivity contribution >= 4 is 5.97 Å². The van der Waals surface area contributed by atoms with E-state index >= 15 is 0 Å². The van der Waals surface area contributed by atoms with Gasteiger partial charge < -0.3 is 14.9 Å². The van der Waals surface area contributed by atoms with Crippen molar-refractivity contribution < 1.29 is 19.7 Å². The summed E-state index contributed by atoms with van der Waals surface area (Å²) in [5.41, 5.74) is 0.924. The third kappa shape index (κ3) is 2.79. The number of nitriles is 1. The Kier molecular flexibility index (Phi) is 3.61. The molecule has 1 saturated carbocycles. The molecule has 1 aromatic carbocycles. The number of rotatable bonds is 5. The van der Waals surface area contributed by atoms with Crippen molar-refractivity contribution in [2.24, 2.45) is 5.92 Å². The van der Waals surface area contributed by atoms with Crippen LogP contribution < -0.4 is 4.74 Å². The lowest BCUT2D eigenvalue weighted by molar-refractivity contribution is -0.137. The molecule has 0 bridgehead atoms. The second-order valence-electron chi connectivity index (χ2n) is 4.77. The van der Waals surface area contributed by atoms with Gasteiger partial charge in [0, 0.05) is 0 Å². The molecule has 1 fully saturated rings. The van der Waals surface area contributed by atoms with Gasteiger partial charge in [0.15, 0.2) is 11.5 Å². The number of aromatic hydroxyl groups is 1. The van der Waals surface area contributed by atoms with Gasteiger partial charge >= 0.3 is 5.97 Å². The molecule has 1 aliphatic rings. The van der Waals surface area contributed by atoms with Crippen LogP contribution in [0.15, 0.2) is 12.1 Å². The van der Waals surface area contributed by atoms with Crippen LogP contribution in [-0.2, 0) is 4.79 Å². The molecule has 5 nitrogen and oxygen atoms in total. The third-order valence-corrected chi connectivity index (χ3v) is 3.43. The van der Waals surface area contributed by atoms with E-state index in [1.165, 1.54) is 13.2 Å². The fraction of sp³-hybridized carbons (Fsp3) is 0.429. The third-order valence-electron chi connectivity index (χ3n) is 3.43. The van der Waals surface area contributed by atoms with E-state index in [1.54, 1.807) is 6.07 Å². The Morgan fingerprint density at radius 3 is 2.74 bits per heavy atom. The van der Waals surface area contributed by atoms with Crippen molar-refractivity contribution in [3.05, 3.63) is 23.3 Å². The van der Waals surface area contributed by atoms with Gasteiger partial charge in [-0.1, -0.05) is 0 Å². The summed E-state index contributed by atoms with van der Waals surface area (Å²) in [6, 6.07) is 5.08.